The minimum Gasteiger partial charge on any atom is -0.0622 e. The van der Waals surface area contributed by atoms with E-state index in [0.29, 0.717) is 0 Å². The molecule has 0 aromatic heterocycles. The molecule has 0 N–H and O–H groups in total. The molecule has 0 heterocycles. The van der Waals surface area contributed by atoms with Crippen molar-refractivity contribution in [2.45, 2.75) is 51.4 Å². The number of hydrogen-bond donors (Lipinski definition) is 0. The van der Waals surface area contributed by atoms with E-state index >= 15 is 0 Å². The van der Waals surface area contributed by atoms with Crippen LogP contribution in [0.3, 0.4) is 0 Å². The van der Waals surface area contributed by atoms with E-state index in [1.54, 1.807) is 0 Å². The maximum atomic E-state index is 2.63. The van der Waals surface area contributed by atoms with Crippen LogP contribution in [0, 0.1) is 0 Å². The number of fused-ring (bicyclic) bond motifs is 4. The Morgan fingerprint density at radius 2 is 0.389 bits per heavy atom. The fourth-order valence-corrected chi connectivity index (χ4v) is 8.93. The molecule has 262 valence electrons. The summed E-state index contributed by atoms with van der Waals surface area (Å²) in [5, 5.41) is 11.3. The van der Waals surface area contributed by atoms with Crippen LogP contribution >= 0.6 is 0 Å². The van der Waals surface area contributed by atoms with Gasteiger partial charge in [-0.15, -0.1) is 0 Å². The number of aryl methyl sites for hydroxylation is 8. The second kappa shape index (κ2) is 15.6. The van der Waals surface area contributed by atoms with E-state index in [1.165, 1.54) is 87.6 Å². The molecule has 54 heavy (non-hydrogen) atoms. The largest absolute Gasteiger partial charge is 0.0622 e. The summed E-state index contributed by atoms with van der Waals surface area (Å²) < 4.78 is 0. The standard InChI is InChI=1S/C54H46/c1-5-17-39(18-6-1)29-33-47-43-25-13-14-26-44(43)48(34-30-40-19-7-2-8-20-40)52-38-54-50(36-32-42-23-11-4-12-24-42)46-28-16-15-27-45(46)49(53(54)37-51(47)52)35-31-41-21-9-3-10-22-41/h1-28,37-38H,29-36H2. The van der Waals surface area contributed by atoms with Gasteiger partial charge in [-0.25, -0.2) is 0 Å². The molecule has 9 aromatic carbocycles. The van der Waals surface area contributed by atoms with Gasteiger partial charge < -0.3 is 0 Å². The van der Waals surface area contributed by atoms with E-state index in [1.807, 2.05) is 0 Å². The van der Waals surface area contributed by atoms with Crippen molar-refractivity contribution in [1.29, 1.82) is 0 Å². The summed E-state index contributed by atoms with van der Waals surface area (Å²) in [6.07, 6.45) is 8.06. The monoisotopic (exact) mass is 694 g/mol. The fraction of sp³-hybridized carbons (Fsp3) is 0.148. The Bertz CT molecular complexity index is 2300. The molecule has 0 saturated heterocycles. The van der Waals surface area contributed by atoms with Gasteiger partial charge in [0, 0.05) is 0 Å². The third-order valence-corrected chi connectivity index (χ3v) is 11.6. The molecule has 0 nitrogen and oxygen atoms in total. The predicted octanol–water partition coefficient (Wildman–Crippen LogP) is 13.4. The average Bonchev–Trinajstić information content (AvgIpc) is 3.24. The Morgan fingerprint density at radius 1 is 0.185 bits per heavy atom. The second-order valence-electron chi connectivity index (χ2n) is 14.9. The van der Waals surface area contributed by atoms with Crippen molar-refractivity contribution >= 4 is 43.1 Å². The maximum absolute atomic E-state index is 2.63. The Labute approximate surface area is 319 Å². The van der Waals surface area contributed by atoms with Crippen LogP contribution in [0.15, 0.2) is 182 Å². The summed E-state index contributed by atoms with van der Waals surface area (Å²) in [5.41, 5.74) is 11.5. The number of hydrogen-bond acceptors (Lipinski definition) is 0. The summed E-state index contributed by atoms with van der Waals surface area (Å²) in [5.74, 6) is 0. The van der Waals surface area contributed by atoms with Gasteiger partial charge in [0.05, 0.1) is 0 Å². The zero-order chi connectivity index (χ0) is 36.1. The van der Waals surface area contributed by atoms with E-state index in [2.05, 4.69) is 182 Å². The lowest BCUT2D eigenvalue weighted by molar-refractivity contribution is 0.963. The maximum Gasteiger partial charge on any atom is -0.0136 e. The molecule has 0 saturated carbocycles. The van der Waals surface area contributed by atoms with Crippen LogP contribution in [0.25, 0.3) is 43.1 Å². The van der Waals surface area contributed by atoms with Gasteiger partial charge in [0.2, 0.25) is 0 Å². The molecular formula is C54H46. The smallest absolute Gasteiger partial charge is 0.0136 e. The zero-order valence-corrected chi connectivity index (χ0v) is 31.0. The predicted molar refractivity (Wildman–Crippen MR) is 232 cm³/mol. The van der Waals surface area contributed by atoms with Crippen LogP contribution in [-0.4, -0.2) is 0 Å². The first-order valence-corrected chi connectivity index (χ1v) is 19.8. The first-order valence-electron chi connectivity index (χ1n) is 19.8. The fourth-order valence-electron chi connectivity index (χ4n) is 8.93. The molecule has 0 heteroatoms. The van der Waals surface area contributed by atoms with E-state index in [4.69, 9.17) is 0 Å². The van der Waals surface area contributed by atoms with Crippen molar-refractivity contribution in [3.05, 3.63) is 226 Å². The molecule has 0 radical (unpaired) electrons. The SMILES string of the molecule is c1ccc(CCc2c3ccccc3c(CCc3ccccc3)c3cc4c(CCc5ccccc5)c5ccccc5c(CCc5ccccc5)c4cc23)cc1. The Hall–Kier alpha value is -5.98. The zero-order valence-electron chi connectivity index (χ0n) is 31.0. The van der Waals surface area contributed by atoms with Crippen LogP contribution in [0.5, 0.6) is 0 Å². The number of rotatable bonds is 12. The first kappa shape index (κ1) is 33.8. The van der Waals surface area contributed by atoms with Gasteiger partial charge >= 0.3 is 0 Å². The highest BCUT2D eigenvalue weighted by atomic mass is 14.2. The summed E-state index contributed by atoms with van der Waals surface area (Å²) in [6, 6.07) is 67.8. The number of benzene rings is 9. The highest BCUT2D eigenvalue weighted by Gasteiger charge is 2.20. The van der Waals surface area contributed by atoms with Crippen molar-refractivity contribution in [2.24, 2.45) is 0 Å². The molecule has 0 fully saturated rings. The molecule has 0 aliphatic carbocycles. The van der Waals surface area contributed by atoms with E-state index in [0.717, 1.165) is 51.4 Å². The molecule has 0 atom stereocenters. The van der Waals surface area contributed by atoms with Gasteiger partial charge in [0.25, 0.3) is 0 Å². The topological polar surface area (TPSA) is 0 Å². The highest BCUT2D eigenvalue weighted by molar-refractivity contribution is 6.15. The first-order chi connectivity index (χ1) is 26.8. The molecule has 0 unspecified atom stereocenters. The van der Waals surface area contributed by atoms with Crippen LogP contribution in [-0.2, 0) is 51.4 Å². The summed E-state index contributed by atoms with van der Waals surface area (Å²) in [7, 11) is 0. The summed E-state index contributed by atoms with van der Waals surface area (Å²) >= 11 is 0. The van der Waals surface area contributed by atoms with Crippen molar-refractivity contribution in [2.75, 3.05) is 0 Å². The van der Waals surface area contributed by atoms with E-state index in [-0.39, 0.29) is 0 Å². The highest BCUT2D eigenvalue weighted by Crippen LogP contribution is 2.42. The normalized spacial score (nSPS) is 11.6. The van der Waals surface area contributed by atoms with Crippen LogP contribution < -0.4 is 0 Å². The van der Waals surface area contributed by atoms with Crippen LogP contribution in [0.1, 0.15) is 44.5 Å². The van der Waals surface area contributed by atoms with Gasteiger partial charge in [-0.3, -0.25) is 0 Å². The molecule has 0 aliphatic heterocycles. The molecule has 0 amide bonds. The molecular weight excluding hydrogens is 649 g/mol. The minimum atomic E-state index is 0.999. The molecule has 9 aromatic rings. The summed E-state index contributed by atoms with van der Waals surface area (Å²) in [4.78, 5) is 0. The van der Waals surface area contributed by atoms with Crippen molar-refractivity contribution in [3.8, 4) is 0 Å². The van der Waals surface area contributed by atoms with Gasteiger partial charge in [0.1, 0.15) is 0 Å². The Balaban J connectivity index is 1.32. The second-order valence-corrected chi connectivity index (χ2v) is 14.9. The van der Waals surface area contributed by atoms with Crippen LogP contribution in [0.2, 0.25) is 0 Å². The molecule has 0 aliphatic rings. The Kier molecular flexibility index (Phi) is 9.74. The van der Waals surface area contributed by atoms with Crippen molar-refractivity contribution in [1.82, 2.24) is 0 Å². The third-order valence-electron chi connectivity index (χ3n) is 11.6. The van der Waals surface area contributed by atoms with Crippen molar-refractivity contribution < 1.29 is 0 Å². The Morgan fingerprint density at radius 3 is 0.611 bits per heavy atom. The van der Waals surface area contributed by atoms with Gasteiger partial charge in [-0.2, -0.15) is 0 Å². The van der Waals surface area contributed by atoms with E-state index < -0.39 is 0 Å². The molecule has 9 rings (SSSR count). The van der Waals surface area contributed by atoms with Gasteiger partial charge in [-0.05, 0) is 151 Å². The quantitative estimate of drug-likeness (QED) is 0.112. The molecule has 0 spiro atoms. The van der Waals surface area contributed by atoms with Gasteiger partial charge in [0.15, 0.2) is 0 Å². The minimum absolute atomic E-state index is 0.999. The molecule has 0 bridgehead atoms. The van der Waals surface area contributed by atoms with Crippen LogP contribution in [0.4, 0.5) is 0 Å². The van der Waals surface area contributed by atoms with Gasteiger partial charge in [-0.1, -0.05) is 170 Å². The lowest BCUT2D eigenvalue weighted by atomic mass is 9.82. The lowest BCUT2D eigenvalue weighted by Crippen LogP contribution is -2.03. The third kappa shape index (κ3) is 6.93. The van der Waals surface area contributed by atoms with E-state index in [9.17, 15) is 0 Å². The van der Waals surface area contributed by atoms with Crippen molar-refractivity contribution in [3.63, 3.8) is 0 Å². The average molecular weight is 695 g/mol. The summed E-state index contributed by atoms with van der Waals surface area (Å²) in [6.45, 7) is 0. The lowest BCUT2D eigenvalue weighted by Gasteiger charge is -2.22.